The van der Waals surface area contributed by atoms with E-state index in [0.717, 1.165) is 42.6 Å². The number of hydrogen-bond donors (Lipinski definition) is 1. The molecule has 1 heterocycles. The Kier molecular flexibility index (Phi) is 8.79. The van der Waals surface area contributed by atoms with Crippen LogP contribution in [0.1, 0.15) is 56.6 Å². The summed E-state index contributed by atoms with van der Waals surface area (Å²) in [5, 5.41) is 4.03. The normalized spacial score (nSPS) is 16.4. The molecule has 0 saturated heterocycles. The lowest BCUT2D eigenvalue weighted by molar-refractivity contribution is -0.141. The summed E-state index contributed by atoms with van der Waals surface area (Å²) in [6.45, 7) is 3.11. The van der Waals surface area contributed by atoms with E-state index < -0.39 is 6.04 Å². The molecule has 1 atom stereocenters. The van der Waals surface area contributed by atoms with Gasteiger partial charge in [0, 0.05) is 19.0 Å². The Labute approximate surface area is 216 Å². The molecule has 6 nitrogen and oxygen atoms in total. The lowest BCUT2D eigenvalue weighted by Gasteiger charge is -2.31. The van der Waals surface area contributed by atoms with Gasteiger partial charge in [0.15, 0.2) is 11.5 Å². The van der Waals surface area contributed by atoms with Gasteiger partial charge in [-0.1, -0.05) is 54.6 Å². The highest BCUT2D eigenvalue weighted by atomic mass is 35.5. The molecule has 2 aromatic carbocycles. The van der Waals surface area contributed by atoms with Crippen molar-refractivity contribution in [3.63, 3.8) is 0 Å². The third-order valence-corrected chi connectivity index (χ3v) is 7.43. The molecule has 1 aliphatic heterocycles. The van der Waals surface area contributed by atoms with Crippen molar-refractivity contribution in [1.82, 2.24) is 10.2 Å². The van der Waals surface area contributed by atoms with Crippen LogP contribution in [0.3, 0.4) is 0 Å². The second-order valence-corrected chi connectivity index (χ2v) is 10.1. The molecule has 1 saturated carbocycles. The smallest absolute Gasteiger partial charge is 0.242 e. The molecular weight excluding hydrogens is 487 g/mol. The number of ether oxygens (including phenoxy) is 2. The monoisotopic (exact) mass is 518 g/mol. The van der Waals surface area contributed by atoms with Crippen LogP contribution in [0.4, 0.5) is 0 Å². The Morgan fingerprint density at radius 3 is 2.43 bits per heavy atom. The van der Waals surface area contributed by atoms with Gasteiger partial charge < -0.3 is 19.7 Å². The number of amides is 2. The number of carbonyl (C=O) groups is 2. The standard InChI is InChI=1S/C27H32Cl2N2O4/c1-18(27(33)30-21-5-3-2-4-6-21)31(17-20-7-10-22(28)23(29)15-20)26(32)12-9-19-8-11-24-25(16-19)35-14-13-34-24/h7-8,10-11,15-16,18,21H,2-6,9,12-14,17H2,1H3,(H,30,33)/t18-/m0/s1. The van der Waals surface area contributed by atoms with Gasteiger partial charge in [0.2, 0.25) is 11.8 Å². The predicted molar refractivity (Wildman–Crippen MR) is 137 cm³/mol. The SMILES string of the molecule is C[C@@H](C(=O)NC1CCCCC1)N(Cc1ccc(Cl)c(Cl)c1)C(=O)CCc1ccc2c(c1)OCCO2. The zero-order chi connectivity index (χ0) is 24.8. The molecule has 188 valence electrons. The van der Waals surface area contributed by atoms with Crippen molar-refractivity contribution in [2.45, 2.75) is 70.5 Å². The number of fused-ring (bicyclic) bond motifs is 1. The van der Waals surface area contributed by atoms with Crippen LogP contribution in [-0.2, 0) is 22.6 Å². The zero-order valence-electron chi connectivity index (χ0n) is 20.0. The van der Waals surface area contributed by atoms with Gasteiger partial charge >= 0.3 is 0 Å². The Balaban J connectivity index is 1.46. The van der Waals surface area contributed by atoms with Crippen LogP contribution in [0.2, 0.25) is 10.0 Å². The molecular formula is C27H32Cl2N2O4. The van der Waals surface area contributed by atoms with E-state index in [2.05, 4.69) is 5.32 Å². The summed E-state index contributed by atoms with van der Waals surface area (Å²) < 4.78 is 11.2. The highest BCUT2D eigenvalue weighted by Gasteiger charge is 2.28. The summed E-state index contributed by atoms with van der Waals surface area (Å²) in [5.41, 5.74) is 1.81. The lowest BCUT2D eigenvalue weighted by atomic mass is 9.95. The Morgan fingerprint density at radius 1 is 0.971 bits per heavy atom. The second kappa shape index (κ2) is 12.0. The summed E-state index contributed by atoms with van der Waals surface area (Å²) in [4.78, 5) is 28.2. The van der Waals surface area contributed by atoms with Crippen LogP contribution in [0.15, 0.2) is 36.4 Å². The quantitative estimate of drug-likeness (QED) is 0.496. The van der Waals surface area contributed by atoms with Gasteiger partial charge in [0.1, 0.15) is 19.3 Å². The summed E-state index contributed by atoms with van der Waals surface area (Å²) in [6, 6.07) is 10.6. The molecule has 1 N–H and O–H groups in total. The molecule has 1 fully saturated rings. The predicted octanol–water partition coefficient (Wildman–Crippen LogP) is 5.56. The topological polar surface area (TPSA) is 67.9 Å². The fourth-order valence-corrected chi connectivity index (χ4v) is 4.94. The molecule has 2 amide bonds. The maximum Gasteiger partial charge on any atom is 0.242 e. The third kappa shape index (κ3) is 6.83. The van der Waals surface area contributed by atoms with Gasteiger partial charge in [0.25, 0.3) is 0 Å². The molecule has 0 unspecified atom stereocenters. The first-order chi connectivity index (χ1) is 16.9. The van der Waals surface area contributed by atoms with Crippen molar-refractivity contribution in [2.24, 2.45) is 0 Å². The van der Waals surface area contributed by atoms with Gasteiger partial charge in [-0.05, 0) is 61.6 Å². The minimum Gasteiger partial charge on any atom is -0.486 e. The number of carbonyl (C=O) groups excluding carboxylic acids is 2. The van der Waals surface area contributed by atoms with E-state index in [4.69, 9.17) is 32.7 Å². The molecule has 2 aliphatic rings. The van der Waals surface area contributed by atoms with Gasteiger partial charge in [0.05, 0.1) is 10.0 Å². The zero-order valence-corrected chi connectivity index (χ0v) is 21.5. The summed E-state index contributed by atoms with van der Waals surface area (Å²) in [6.07, 6.45) is 6.24. The number of nitrogens with zero attached hydrogens (tertiary/aromatic N) is 1. The van der Waals surface area contributed by atoms with Crippen LogP contribution in [0.25, 0.3) is 0 Å². The van der Waals surface area contributed by atoms with Crippen molar-refractivity contribution >= 4 is 35.0 Å². The van der Waals surface area contributed by atoms with E-state index in [1.165, 1.54) is 6.42 Å². The molecule has 1 aliphatic carbocycles. The minimum atomic E-state index is -0.612. The fraction of sp³-hybridized carbons (Fsp3) is 0.481. The van der Waals surface area contributed by atoms with Crippen LogP contribution >= 0.6 is 23.2 Å². The third-order valence-electron chi connectivity index (χ3n) is 6.69. The lowest BCUT2D eigenvalue weighted by Crippen LogP contribution is -2.50. The van der Waals surface area contributed by atoms with Crippen molar-refractivity contribution in [3.05, 3.63) is 57.6 Å². The summed E-state index contributed by atoms with van der Waals surface area (Å²) >= 11 is 12.3. The molecule has 0 bridgehead atoms. The number of benzene rings is 2. The van der Waals surface area contributed by atoms with Gasteiger partial charge in [-0.25, -0.2) is 0 Å². The first kappa shape index (κ1) is 25.6. The van der Waals surface area contributed by atoms with E-state index in [9.17, 15) is 9.59 Å². The van der Waals surface area contributed by atoms with Crippen LogP contribution in [-0.4, -0.2) is 42.0 Å². The molecule has 8 heteroatoms. The molecule has 0 aromatic heterocycles. The van der Waals surface area contributed by atoms with Crippen LogP contribution < -0.4 is 14.8 Å². The molecule has 35 heavy (non-hydrogen) atoms. The van der Waals surface area contributed by atoms with Gasteiger partial charge in [-0.2, -0.15) is 0 Å². The molecule has 2 aromatic rings. The van der Waals surface area contributed by atoms with Crippen molar-refractivity contribution in [2.75, 3.05) is 13.2 Å². The first-order valence-corrected chi connectivity index (χ1v) is 13.1. The minimum absolute atomic E-state index is 0.0998. The molecule has 4 rings (SSSR count). The largest absolute Gasteiger partial charge is 0.486 e. The van der Waals surface area contributed by atoms with E-state index in [0.29, 0.717) is 35.4 Å². The Hall–Kier alpha value is -2.44. The van der Waals surface area contributed by atoms with Gasteiger partial charge in [-0.15, -0.1) is 0 Å². The molecule has 0 radical (unpaired) electrons. The van der Waals surface area contributed by atoms with Crippen molar-refractivity contribution in [1.29, 1.82) is 0 Å². The van der Waals surface area contributed by atoms with Crippen molar-refractivity contribution < 1.29 is 19.1 Å². The molecule has 0 spiro atoms. The second-order valence-electron chi connectivity index (χ2n) is 9.27. The Bertz CT molecular complexity index is 1060. The fourth-order valence-electron chi connectivity index (χ4n) is 4.62. The van der Waals surface area contributed by atoms with E-state index in [1.807, 2.05) is 24.3 Å². The maximum absolute atomic E-state index is 13.4. The number of rotatable bonds is 8. The van der Waals surface area contributed by atoms with E-state index >= 15 is 0 Å². The maximum atomic E-state index is 13.4. The average Bonchev–Trinajstić information content (AvgIpc) is 2.88. The summed E-state index contributed by atoms with van der Waals surface area (Å²) in [5.74, 6) is 1.21. The summed E-state index contributed by atoms with van der Waals surface area (Å²) in [7, 11) is 0. The average molecular weight is 519 g/mol. The van der Waals surface area contributed by atoms with Crippen molar-refractivity contribution in [3.8, 4) is 11.5 Å². The van der Waals surface area contributed by atoms with E-state index in [1.54, 1.807) is 24.0 Å². The van der Waals surface area contributed by atoms with Crippen LogP contribution in [0.5, 0.6) is 11.5 Å². The highest BCUT2D eigenvalue weighted by Crippen LogP contribution is 2.31. The number of hydrogen-bond acceptors (Lipinski definition) is 4. The number of aryl methyl sites for hydroxylation is 1. The number of halogens is 2. The Morgan fingerprint density at radius 2 is 1.69 bits per heavy atom. The van der Waals surface area contributed by atoms with E-state index in [-0.39, 0.29) is 30.8 Å². The first-order valence-electron chi connectivity index (χ1n) is 12.3. The van der Waals surface area contributed by atoms with Crippen LogP contribution in [0, 0.1) is 0 Å². The number of nitrogens with one attached hydrogen (secondary N) is 1. The van der Waals surface area contributed by atoms with Gasteiger partial charge in [-0.3, -0.25) is 9.59 Å². The highest BCUT2D eigenvalue weighted by molar-refractivity contribution is 6.42.